The van der Waals surface area contributed by atoms with Gasteiger partial charge in [0.2, 0.25) is 0 Å². The number of halogens is 2. The van der Waals surface area contributed by atoms with Crippen molar-refractivity contribution in [3.8, 4) is 0 Å². The maximum absolute atomic E-state index is 13.5. The Morgan fingerprint density at radius 1 is 1.55 bits per heavy atom. The van der Waals surface area contributed by atoms with Crippen molar-refractivity contribution in [3.63, 3.8) is 0 Å². The van der Waals surface area contributed by atoms with E-state index >= 15 is 0 Å². The number of benzene rings is 1. The van der Waals surface area contributed by atoms with Gasteiger partial charge in [-0.2, -0.15) is 5.10 Å². The molecule has 0 amide bonds. The van der Waals surface area contributed by atoms with Crippen molar-refractivity contribution in [1.82, 2.24) is 15.5 Å². The SMILES string of the molecule is COC(=O)[C@@H](NCc1ccn[nH]1)c1ccc(Cl)c(F)c1. The van der Waals surface area contributed by atoms with Crippen LogP contribution in [0.1, 0.15) is 17.3 Å². The van der Waals surface area contributed by atoms with Gasteiger partial charge in [-0.1, -0.05) is 17.7 Å². The fourth-order valence-electron chi connectivity index (χ4n) is 1.74. The van der Waals surface area contributed by atoms with Gasteiger partial charge < -0.3 is 4.74 Å². The number of hydrogen-bond donors (Lipinski definition) is 2. The molecule has 0 saturated heterocycles. The summed E-state index contributed by atoms with van der Waals surface area (Å²) < 4.78 is 18.2. The van der Waals surface area contributed by atoms with Crippen molar-refractivity contribution in [3.05, 3.63) is 52.6 Å². The molecule has 1 aromatic heterocycles. The molecule has 0 saturated carbocycles. The summed E-state index contributed by atoms with van der Waals surface area (Å²) in [6.07, 6.45) is 1.60. The molecule has 7 heteroatoms. The summed E-state index contributed by atoms with van der Waals surface area (Å²) in [5, 5.41) is 9.55. The molecule has 0 spiro atoms. The van der Waals surface area contributed by atoms with E-state index in [1.54, 1.807) is 18.3 Å². The molecule has 0 aliphatic carbocycles. The second-order valence-electron chi connectivity index (χ2n) is 4.09. The van der Waals surface area contributed by atoms with Crippen molar-refractivity contribution < 1.29 is 13.9 Å². The van der Waals surface area contributed by atoms with Crippen LogP contribution in [0, 0.1) is 5.82 Å². The normalized spacial score (nSPS) is 12.2. The Hall–Kier alpha value is -1.92. The summed E-state index contributed by atoms with van der Waals surface area (Å²) in [7, 11) is 1.28. The predicted octanol–water partition coefficient (Wildman–Crippen LogP) is 2.21. The van der Waals surface area contributed by atoms with Gasteiger partial charge in [0.1, 0.15) is 11.9 Å². The number of nitrogens with zero attached hydrogens (tertiary/aromatic N) is 1. The zero-order valence-corrected chi connectivity index (χ0v) is 11.4. The van der Waals surface area contributed by atoms with Crippen LogP contribution in [0.2, 0.25) is 5.02 Å². The number of aromatic nitrogens is 2. The number of nitrogens with one attached hydrogen (secondary N) is 2. The molecule has 0 aliphatic heterocycles. The summed E-state index contributed by atoms with van der Waals surface area (Å²) in [6.45, 7) is 0.365. The highest BCUT2D eigenvalue weighted by atomic mass is 35.5. The fourth-order valence-corrected chi connectivity index (χ4v) is 1.86. The van der Waals surface area contributed by atoms with Gasteiger partial charge in [-0.3, -0.25) is 10.4 Å². The van der Waals surface area contributed by atoms with Gasteiger partial charge in [0.05, 0.1) is 12.1 Å². The summed E-state index contributed by atoms with van der Waals surface area (Å²) in [5.41, 5.74) is 1.24. The van der Waals surface area contributed by atoms with E-state index in [0.29, 0.717) is 12.1 Å². The Labute approximate surface area is 120 Å². The zero-order chi connectivity index (χ0) is 14.5. The van der Waals surface area contributed by atoms with E-state index in [2.05, 4.69) is 15.5 Å². The Bertz CT molecular complexity index is 589. The van der Waals surface area contributed by atoms with Crippen molar-refractivity contribution >= 4 is 17.6 Å². The van der Waals surface area contributed by atoms with Crippen molar-refractivity contribution in [2.24, 2.45) is 0 Å². The highest BCUT2D eigenvalue weighted by Crippen LogP contribution is 2.21. The highest BCUT2D eigenvalue weighted by Gasteiger charge is 2.22. The van der Waals surface area contributed by atoms with Crippen LogP contribution in [0.15, 0.2) is 30.5 Å². The molecule has 106 valence electrons. The average molecular weight is 298 g/mol. The van der Waals surface area contributed by atoms with Crippen LogP contribution in [0.4, 0.5) is 4.39 Å². The fraction of sp³-hybridized carbons (Fsp3) is 0.231. The van der Waals surface area contributed by atoms with Crippen molar-refractivity contribution in [1.29, 1.82) is 0 Å². The first-order chi connectivity index (χ1) is 9.61. The Balaban J connectivity index is 2.18. The number of carbonyl (C=O) groups excluding carboxylic acids is 1. The quantitative estimate of drug-likeness (QED) is 0.830. The molecular formula is C13H13ClFN3O2. The topological polar surface area (TPSA) is 67.0 Å². The van der Waals surface area contributed by atoms with Gasteiger partial charge in [0, 0.05) is 18.4 Å². The maximum Gasteiger partial charge on any atom is 0.327 e. The lowest BCUT2D eigenvalue weighted by molar-refractivity contribution is -0.143. The molecule has 0 aliphatic rings. The molecule has 0 radical (unpaired) electrons. The van der Waals surface area contributed by atoms with E-state index in [1.165, 1.54) is 19.2 Å². The lowest BCUT2D eigenvalue weighted by atomic mass is 10.1. The minimum Gasteiger partial charge on any atom is -0.468 e. The lowest BCUT2D eigenvalue weighted by Gasteiger charge is -2.16. The second kappa shape index (κ2) is 6.49. The molecule has 1 aromatic carbocycles. The maximum atomic E-state index is 13.5. The predicted molar refractivity (Wildman–Crippen MR) is 71.6 cm³/mol. The summed E-state index contributed by atoms with van der Waals surface area (Å²) in [6, 6.07) is 5.18. The van der Waals surface area contributed by atoms with E-state index in [0.717, 1.165) is 5.69 Å². The van der Waals surface area contributed by atoms with Crippen molar-refractivity contribution in [2.75, 3.05) is 7.11 Å². The smallest absolute Gasteiger partial charge is 0.327 e. The van der Waals surface area contributed by atoms with Crippen LogP contribution in [0.3, 0.4) is 0 Å². The van der Waals surface area contributed by atoms with Crippen LogP contribution in [-0.2, 0) is 16.1 Å². The van der Waals surface area contributed by atoms with Crippen LogP contribution in [0.5, 0.6) is 0 Å². The molecule has 1 atom stereocenters. The zero-order valence-electron chi connectivity index (χ0n) is 10.7. The van der Waals surface area contributed by atoms with Crippen LogP contribution >= 0.6 is 11.6 Å². The monoisotopic (exact) mass is 297 g/mol. The molecule has 0 bridgehead atoms. The Morgan fingerprint density at radius 2 is 2.35 bits per heavy atom. The van der Waals surface area contributed by atoms with E-state index in [4.69, 9.17) is 16.3 Å². The molecule has 0 unspecified atom stereocenters. The molecule has 5 nitrogen and oxygen atoms in total. The number of esters is 1. The molecular weight excluding hydrogens is 285 g/mol. The molecule has 1 heterocycles. The van der Waals surface area contributed by atoms with Gasteiger partial charge in [0.25, 0.3) is 0 Å². The van der Waals surface area contributed by atoms with Gasteiger partial charge in [-0.15, -0.1) is 0 Å². The molecule has 20 heavy (non-hydrogen) atoms. The Morgan fingerprint density at radius 3 is 2.95 bits per heavy atom. The number of rotatable bonds is 5. The van der Waals surface area contributed by atoms with Crippen LogP contribution in [-0.4, -0.2) is 23.3 Å². The first-order valence-electron chi connectivity index (χ1n) is 5.86. The summed E-state index contributed by atoms with van der Waals surface area (Å²) in [4.78, 5) is 11.8. The molecule has 0 fully saturated rings. The van der Waals surface area contributed by atoms with Crippen LogP contribution in [0.25, 0.3) is 0 Å². The van der Waals surface area contributed by atoms with Gasteiger partial charge in [0.15, 0.2) is 0 Å². The number of ether oxygens (including phenoxy) is 1. The minimum absolute atomic E-state index is 0.00549. The van der Waals surface area contributed by atoms with E-state index in [9.17, 15) is 9.18 Å². The number of aromatic amines is 1. The van der Waals surface area contributed by atoms with E-state index in [-0.39, 0.29) is 5.02 Å². The minimum atomic E-state index is -0.782. The number of carbonyl (C=O) groups is 1. The van der Waals surface area contributed by atoms with Gasteiger partial charge in [-0.05, 0) is 23.8 Å². The standard InChI is InChI=1S/C13H13ClFN3O2/c1-20-13(19)12(16-7-9-4-5-17-18-9)8-2-3-10(14)11(15)6-8/h2-6,12,16H,7H2,1H3,(H,17,18)/t12-/m0/s1. The van der Waals surface area contributed by atoms with Crippen LogP contribution < -0.4 is 5.32 Å². The third kappa shape index (κ3) is 3.34. The van der Waals surface area contributed by atoms with E-state index in [1.807, 2.05) is 0 Å². The third-order valence-corrected chi connectivity index (χ3v) is 3.08. The molecule has 2 N–H and O–H groups in total. The summed E-state index contributed by atoms with van der Waals surface area (Å²) >= 11 is 5.63. The number of H-pyrrole nitrogens is 1. The highest BCUT2D eigenvalue weighted by molar-refractivity contribution is 6.30. The van der Waals surface area contributed by atoms with Gasteiger partial charge in [-0.25, -0.2) is 9.18 Å². The van der Waals surface area contributed by atoms with Gasteiger partial charge >= 0.3 is 5.97 Å². The molecule has 2 aromatic rings. The average Bonchev–Trinajstić information content (AvgIpc) is 2.95. The summed E-state index contributed by atoms with van der Waals surface area (Å²) in [5.74, 6) is -1.09. The van der Waals surface area contributed by atoms with E-state index < -0.39 is 17.8 Å². The lowest BCUT2D eigenvalue weighted by Crippen LogP contribution is -2.29. The largest absolute Gasteiger partial charge is 0.468 e. The first kappa shape index (κ1) is 14.5. The Kier molecular flexibility index (Phi) is 4.70. The van der Waals surface area contributed by atoms with Crippen molar-refractivity contribution in [2.45, 2.75) is 12.6 Å². The number of methoxy groups -OCH3 is 1. The number of hydrogen-bond acceptors (Lipinski definition) is 4. The third-order valence-electron chi connectivity index (χ3n) is 2.77. The molecule has 2 rings (SSSR count). The second-order valence-corrected chi connectivity index (χ2v) is 4.50. The first-order valence-corrected chi connectivity index (χ1v) is 6.24.